The zero-order valence-corrected chi connectivity index (χ0v) is 14.2. The Balaban J connectivity index is 1.80. The summed E-state index contributed by atoms with van der Waals surface area (Å²) in [6.07, 6.45) is 3.68. The number of hydrogen-bond acceptors (Lipinski definition) is 2. The highest BCUT2D eigenvalue weighted by molar-refractivity contribution is 5.79. The van der Waals surface area contributed by atoms with Crippen molar-refractivity contribution in [3.05, 3.63) is 35.4 Å². The molecule has 22 heavy (non-hydrogen) atoms. The molecule has 0 aliphatic carbocycles. The van der Waals surface area contributed by atoms with E-state index in [2.05, 4.69) is 58.8 Å². The average molecular weight is 302 g/mol. The first-order chi connectivity index (χ1) is 10.7. The zero-order valence-electron chi connectivity index (χ0n) is 14.2. The molecule has 1 unspecified atom stereocenters. The van der Waals surface area contributed by atoms with Gasteiger partial charge in [-0.2, -0.15) is 0 Å². The Labute approximate surface area is 135 Å². The number of guanidine groups is 1. The molecule has 1 aliphatic rings. The molecule has 1 aliphatic heterocycles. The monoisotopic (exact) mass is 302 g/mol. The SMILES string of the molecule is CCc1ccccc1CNC(=NC)NCC1CCCN(C)C1. The maximum absolute atomic E-state index is 4.34. The summed E-state index contributed by atoms with van der Waals surface area (Å²) in [7, 11) is 4.05. The van der Waals surface area contributed by atoms with Gasteiger partial charge in [0, 0.05) is 26.7 Å². The summed E-state index contributed by atoms with van der Waals surface area (Å²) in [5.41, 5.74) is 2.75. The Morgan fingerprint density at radius 1 is 1.27 bits per heavy atom. The van der Waals surface area contributed by atoms with Gasteiger partial charge in [0.15, 0.2) is 5.96 Å². The second-order valence-corrected chi connectivity index (χ2v) is 6.20. The number of piperidine rings is 1. The van der Waals surface area contributed by atoms with Gasteiger partial charge in [0.1, 0.15) is 0 Å². The van der Waals surface area contributed by atoms with Crippen LogP contribution in [0.2, 0.25) is 0 Å². The molecule has 1 atom stereocenters. The molecular formula is C18H30N4. The lowest BCUT2D eigenvalue weighted by atomic mass is 9.99. The number of aliphatic imine (C=N–C) groups is 1. The van der Waals surface area contributed by atoms with Crippen molar-refractivity contribution in [2.45, 2.75) is 32.7 Å². The van der Waals surface area contributed by atoms with Crippen LogP contribution in [0, 0.1) is 5.92 Å². The van der Waals surface area contributed by atoms with Gasteiger partial charge in [-0.1, -0.05) is 31.2 Å². The smallest absolute Gasteiger partial charge is 0.191 e. The number of nitrogens with zero attached hydrogens (tertiary/aromatic N) is 2. The molecule has 2 N–H and O–H groups in total. The molecule has 1 heterocycles. The quantitative estimate of drug-likeness (QED) is 0.647. The van der Waals surface area contributed by atoms with Crippen molar-refractivity contribution in [1.82, 2.24) is 15.5 Å². The molecule has 1 aromatic carbocycles. The van der Waals surface area contributed by atoms with E-state index in [0.29, 0.717) is 0 Å². The Morgan fingerprint density at radius 3 is 2.73 bits per heavy atom. The van der Waals surface area contributed by atoms with Crippen LogP contribution in [0.25, 0.3) is 0 Å². The van der Waals surface area contributed by atoms with Gasteiger partial charge >= 0.3 is 0 Å². The number of rotatable bonds is 5. The summed E-state index contributed by atoms with van der Waals surface area (Å²) in [5.74, 6) is 1.62. The highest BCUT2D eigenvalue weighted by atomic mass is 15.2. The molecule has 0 bridgehead atoms. The first-order valence-corrected chi connectivity index (χ1v) is 8.42. The Hall–Kier alpha value is -1.55. The van der Waals surface area contributed by atoms with Crippen LogP contribution in [0.1, 0.15) is 30.9 Å². The average Bonchev–Trinajstić information content (AvgIpc) is 2.55. The maximum Gasteiger partial charge on any atom is 0.191 e. The van der Waals surface area contributed by atoms with Crippen LogP contribution in [0.4, 0.5) is 0 Å². The number of nitrogens with one attached hydrogen (secondary N) is 2. The minimum atomic E-state index is 0.722. The lowest BCUT2D eigenvalue weighted by molar-refractivity contribution is 0.210. The lowest BCUT2D eigenvalue weighted by Gasteiger charge is -2.30. The second kappa shape index (κ2) is 8.79. The van der Waals surface area contributed by atoms with Crippen molar-refractivity contribution < 1.29 is 0 Å². The minimum absolute atomic E-state index is 0.722. The van der Waals surface area contributed by atoms with Crippen molar-refractivity contribution in [1.29, 1.82) is 0 Å². The van der Waals surface area contributed by atoms with E-state index < -0.39 is 0 Å². The van der Waals surface area contributed by atoms with E-state index in [1.54, 1.807) is 0 Å². The minimum Gasteiger partial charge on any atom is -0.356 e. The zero-order chi connectivity index (χ0) is 15.8. The van der Waals surface area contributed by atoms with Gasteiger partial charge in [-0.15, -0.1) is 0 Å². The van der Waals surface area contributed by atoms with Crippen molar-refractivity contribution in [3.8, 4) is 0 Å². The van der Waals surface area contributed by atoms with Crippen LogP contribution in [0.3, 0.4) is 0 Å². The first-order valence-electron chi connectivity index (χ1n) is 8.42. The van der Waals surface area contributed by atoms with Crippen LogP contribution in [-0.2, 0) is 13.0 Å². The standard InChI is InChI=1S/C18H30N4/c1-4-16-9-5-6-10-17(16)13-21-18(19-2)20-12-15-8-7-11-22(3)14-15/h5-6,9-10,15H,4,7-8,11-14H2,1-3H3,(H2,19,20,21). The van der Waals surface area contributed by atoms with Crippen LogP contribution >= 0.6 is 0 Å². The predicted octanol–water partition coefficient (Wildman–Crippen LogP) is 2.26. The van der Waals surface area contributed by atoms with Crippen LogP contribution in [-0.4, -0.2) is 44.6 Å². The van der Waals surface area contributed by atoms with E-state index in [-0.39, 0.29) is 0 Å². The molecular weight excluding hydrogens is 272 g/mol. The van der Waals surface area contributed by atoms with Crippen LogP contribution in [0.15, 0.2) is 29.3 Å². The summed E-state index contributed by atoms with van der Waals surface area (Å²) < 4.78 is 0. The molecule has 4 nitrogen and oxygen atoms in total. The van der Waals surface area contributed by atoms with Crippen LogP contribution in [0.5, 0.6) is 0 Å². The van der Waals surface area contributed by atoms with Crippen molar-refractivity contribution in [2.75, 3.05) is 33.7 Å². The molecule has 0 amide bonds. The van der Waals surface area contributed by atoms with Crippen LogP contribution < -0.4 is 10.6 Å². The Kier molecular flexibility index (Phi) is 6.72. The third-order valence-corrected chi connectivity index (χ3v) is 4.45. The summed E-state index contributed by atoms with van der Waals surface area (Å²) in [6, 6.07) is 8.60. The van der Waals surface area contributed by atoms with Gasteiger partial charge in [0.2, 0.25) is 0 Å². The number of likely N-dealkylation sites (tertiary alicyclic amines) is 1. The van der Waals surface area contributed by atoms with Gasteiger partial charge in [-0.3, -0.25) is 4.99 Å². The topological polar surface area (TPSA) is 39.7 Å². The van der Waals surface area contributed by atoms with Crippen molar-refractivity contribution in [2.24, 2.45) is 10.9 Å². The summed E-state index contributed by atoms with van der Waals surface area (Å²) >= 11 is 0. The fraction of sp³-hybridized carbons (Fsp3) is 0.611. The molecule has 0 aromatic heterocycles. The van der Waals surface area contributed by atoms with Crippen molar-refractivity contribution >= 4 is 5.96 Å². The number of hydrogen-bond donors (Lipinski definition) is 2. The van der Waals surface area contributed by atoms with E-state index in [0.717, 1.165) is 31.4 Å². The van der Waals surface area contributed by atoms with Gasteiger partial charge in [-0.25, -0.2) is 0 Å². The Bertz CT molecular complexity index is 484. The molecule has 4 heteroatoms. The third-order valence-electron chi connectivity index (χ3n) is 4.45. The van der Waals surface area contributed by atoms with Gasteiger partial charge in [-0.05, 0) is 49.9 Å². The highest BCUT2D eigenvalue weighted by Gasteiger charge is 2.17. The number of benzene rings is 1. The van der Waals surface area contributed by atoms with E-state index in [1.165, 1.54) is 37.1 Å². The molecule has 1 aromatic rings. The second-order valence-electron chi connectivity index (χ2n) is 6.20. The third kappa shape index (κ3) is 5.02. The molecule has 1 fully saturated rings. The van der Waals surface area contributed by atoms with Gasteiger partial charge in [0.25, 0.3) is 0 Å². The fourth-order valence-corrected chi connectivity index (χ4v) is 3.16. The van der Waals surface area contributed by atoms with E-state index >= 15 is 0 Å². The first kappa shape index (κ1) is 16.8. The van der Waals surface area contributed by atoms with Crippen molar-refractivity contribution in [3.63, 3.8) is 0 Å². The molecule has 0 saturated carbocycles. The largest absolute Gasteiger partial charge is 0.356 e. The predicted molar refractivity (Wildman–Crippen MR) is 94.2 cm³/mol. The molecule has 122 valence electrons. The van der Waals surface area contributed by atoms with E-state index in [1.807, 2.05) is 7.05 Å². The normalized spacial score (nSPS) is 20.0. The van der Waals surface area contributed by atoms with E-state index in [4.69, 9.17) is 0 Å². The molecule has 1 saturated heterocycles. The lowest BCUT2D eigenvalue weighted by Crippen LogP contribution is -2.43. The summed E-state index contributed by atoms with van der Waals surface area (Å²) in [6.45, 7) is 6.44. The van der Waals surface area contributed by atoms with Gasteiger partial charge < -0.3 is 15.5 Å². The van der Waals surface area contributed by atoms with E-state index in [9.17, 15) is 0 Å². The molecule has 0 radical (unpaired) electrons. The fourth-order valence-electron chi connectivity index (χ4n) is 3.16. The summed E-state index contributed by atoms with van der Waals surface area (Å²) in [4.78, 5) is 6.76. The molecule has 2 rings (SSSR count). The maximum atomic E-state index is 4.34. The molecule has 0 spiro atoms. The highest BCUT2D eigenvalue weighted by Crippen LogP contribution is 2.13. The van der Waals surface area contributed by atoms with Gasteiger partial charge in [0.05, 0.1) is 0 Å². The Morgan fingerprint density at radius 2 is 2.05 bits per heavy atom. The number of aryl methyl sites for hydroxylation is 1. The summed E-state index contributed by atoms with van der Waals surface area (Å²) in [5, 5.41) is 6.92.